The van der Waals surface area contributed by atoms with E-state index in [1.54, 1.807) is 30.3 Å². The maximum Gasteiger partial charge on any atom is 0.335 e. The fraction of sp³-hybridized carbons (Fsp3) is 0.222. The van der Waals surface area contributed by atoms with Crippen molar-refractivity contribution in [2.45, 2.75) is 21.3 Å². The van der Waals surface area contributed by atoms with Crippen molar-refractivity contribution in [2.75, 3.05) is 0 Å². The highest BCUT2D eigenvalue weighted by Crippen LogP contribution is 2.40. The van der Waals surface area contributed by atoms with Gasteiger partial charge < -0.3 is 10.2 Å². The molecule has 0 bridgehead atoms. The summed E-state index contributed by atoms with van der Waals surface area (Å²) in [5, 5.41) is 17.5. The van der Waals surface area contributed by atoms with Gasteiger partial charge in [0, 0.05) is 0 Å². The zero-order valence-electron chi connectivity index (χ0n) is 13.8. The minimum Gasteiger partial charge on any atom is -0.478 e. The first-order valence-electron chi connectivity index (χ1n) is 7.28. The fourth-order valence-electron chi connectivity index (χ4n) is 1.97. The minimum absolute atomic E-state index is 0.000412. The van der Waals surface area contributed by atoms with E-state index in [-0.39, 0.29) is 13.0 Å². The highest BCUT2D eigenvalue weighted by atomic mass is 79.9. The third kappa shape index (κ3) is 6.79. The van der Waals surface area contributed by atoms with Gasteiger partial charge in [-0.1, -0.05) is 75.9 Å². The molecule has 0 spiro atoms. The molecule has 0 saturated heterocycles. The third-order valence-corrected chi connectivity index (χ3v) is 5.53. The van der Waals surface area contributed by atoms with Gasteiger partial charge in [-0.25, -0.2) is 9.59 Å². The average molecular weight is 616 g/mol. The molecule has 4 nitrogen and oxygen atoms in total. The molecule has 0 aliphatic rings. The summed E-state index contributed by atoms with van der Waals surface area (Å²) in [4.78, 5) is 21.3. The number of carboxylic acid groups (broad SMARTS) is 2. The van der Waals surface area contributed by atoms with Crippen LogP contribution in [0, 0.1) is 13.8 Å². The molecular formula is C18H16Br4O4. The summed E-state index contributed by atoms with van der Waals surface area (Å²) in [6.07, 6.45) is 0. The van der Waals surface area contributed by atoms with Gasteiger partial charge in [0.1, 0.15) is 0 Å². The molecule has 0 fully saturated rings. The van der Waals surface area contributed by atoms with Crippen molar-refractivity contribution in [3.05, 3.63) is 69.8 Å². The largest absolute Gasteiger partial charge is 0.478 e. The van der Waals surface area contributed by atoms with Gasteiger partial charge >= 0.3 is 11.9 Å². The molecule has 0 radical (unpaired) electrons. The second-order valence-electron chi connectivity index (χ2n) is 5.35. The summed E-state index contributed by atoms with van der Waals surface area (Å²) in [5.41, 5.74) is 4.64. The van der Waals surface area contributed by atoms with Crippen molar-refractivity contribution in [1.29, 1.82) is 0 Å². The van der Waals surface area contributed by atoms with E-state index in [1.165, 1.54) is 0 Å². The number of hydrogen-bond donors (Lipinski definition) is 2. The molecular weight excluding hydrogens is 600 g/mol. The van der Waals surface area contributed by atoms with Crippen LogP contribution in [0.5, 0.6) is 0 Å². The lowest BCUT2D eigenvalue weighted by molar-refractivity contribution is 0.0686. The molecule has 0 aromatic heterocycles. The molecule has 2 aromatic carbocycles. The highest BCUT2D eigenvalue weighted by molar-refractivity contribution is 9.24. The Bertz CT molecular complexity index is 804. The van der Waals surface area contributed by atoms with E-state index in [2.05, 4.69) is 63.7 Å². The van der Waals surface area contributed by atoms with Crippen molar-refractivity contribution < 1.29 is 19.8 Å². The van der Waals surface area contributed by atoms with Gasteiger partial charge in [0.25, 0.3) is 0 Å². The Balaban J connectivity index is 0.000000273. The Morgan fingerprint density at radius 1 is 0.731 bits per heavy atom. The summed E-state index contributed by atoms with van der Waals surface area (Å²) in [7, 11) is 0. The normalized spacial score (nSPS) is 10.5. The van der Waals surface area contributed by atoms with E-state index in [0.717, 1.165) is 22.3 Å². The molecule has 140 valence electrons. The molecule has 0 saturated carbocycles. The van der Waals surface area contributed by atoms with Crippen LogP contribution >= 0.6 is 63.7 Å². The molecule has 8 heteroatoms. The molecule has 0 amide bonds. The molecule has 0 aliphatic heterocycles. The van der Waals surface area contributed by atoms with Gasteiger partial charge in [0.2, 0.25) is 0 Å². The van der Waals surface area contributed by atoms with E-state index >= 15 is 0 Å². The van der Waals surface area contributed by atoms with Crippen LogP contribution in [0.25, 0.3) is 0 Å². The second kappa shape index (κ2) is 10.6. The number of rotatable bonds is 4. The van der Waals surface area contributed by atoms with Crippen LogP contribution in [0.15, 0.2) is 36.4 Å². The summed E-state index contributed by atoms with van der Waals surface area (Å²) >= 11 is 13.5. The van der Waals surface area contributed by atoms with Gasteiger partial charge in [0.15, 0.2) is 0 Å². The third-order valence-electron chi connectivity index (χ3n) is 3.56. The number of aromatic carboxylic acids is 2. The second-order valence-corrected chi connectivity index (χ2v) is 11.5. The maximum absolute atomic E-state index is 10.8. The first kappa shape index (κ1) is 23.3. The summed E-state index contributed by atoms with van der Waals surface area (Å²) in [6, 6.07) is 10.1. The van der Waals surface area contributed by atoms with Crippen LogP contribution in [0.3, 0.4) is 0 Å². The molecule has 2 aromatic rings. The number of carbonyl (C=O) groups is 2. The first-order chi connectivity index (χ1) is 12.0. The van der Waals surface area contributed by atoms with Gasteiger partial charge in [-0.05, 0) is 60.4 Å². The van der Waals surface area contributed by atoms with Crippen LogP contribution in [-0.4, -0.2) is 22.2 Å². The van der Waals surface area contributed by atoms with Crippen LogP contribution in [0.2, 0.25) is 0 Å². The standard InChI is InChI=1S/C9H6Br4O2.C9H10O2/c10-7(11)5-2-1-4(9(14)15)3-6(5)8(12)13;1-6-3-4-8(9(10)11)5-7(6)2/h1-3,7-8H,(H,14,15);3-5H,1-2H3,(H,10,11). The van der Waals surface area contributed by atoms with E-state index < -0.39 is 11.9 Å². The molecule has 2 rings (SSSR count). The SMILES string of the molecule is Cc1ccc(C(=O)O)cc1C.O=C(O)c1ccc(C(Br)Br)c(C(Br)Br)c1. The van der Waals surface area contributed by atoms with Crippen molar-refractivity contribution in [3.63, 3.8) is 0 Å². The number of benzene rings is 2. The predicted molar refractivity (Wildman–Crippen MR) is 117 cm³/mol. The van der Waals surface area contributed by atoms with Crippen LogP contribution in [0.4, 0.5) is 0 Å². The lowest BCUT2D eigenvalue weighted by Gasteiger charge is -2.12. The molecule has 0 heterocycles. The summed E-state index contributed by atoms with van der Waals surface area (Å²) in [5.74, 6) is -1.79. The summed E-state index contributed by atoms with van der Waals surface area (Å²) < 4.78 is -0.0719. The smallest absolute Gasteiger partial charge is 0.335 e. The number of alkyl halides is 4. The molecule has 2 N–H and O–H groups in total. The topological polar surface area (TPSA) is 74.6 Å². The van der Waals surface area contributed by atoms with Crippen molar-refractivity contribution in [2.24, 2.45) is 0 Å². The first-order valence-corrected chi connectivity index (χ1v) is 10.9. The number of halogens is 4. The quantitative estimate of drug-likeness (QED) is 0.365. The lowest BCUT2D eigenvalue weighted by atomic mass is 10.1. The molecule has 0 aliphatic carbocycles. The predicted octanol–water partition coefficient (Wildman–Crippen LogP) is 6.96. The minimum atomic E-state index is -0.927. The number of aryl methyl sites for hydroxylation is 2. The van der Waals surface area contributed by atoms with Crippen LogP contribution in [-0.2, 0) is 0 Å². The number of hydrogen-bond acceptors (Lipinski definition) is 2. The van der Waals surface area contributed by atoms with Crippen molar-refractivity contribution >= 4 is 75.7 Å². The van der Waals surface area contributed by atoms with Crippen molar-refractivity contribution in [1.82, 2.24) is 0 Å². The Morgan fingerprint density at radius 2 is 1.19 bits per heavy atom. The molecule has 26 heavy (non-hydrogen) atoms. The van der Waals surface area contributed by atoms with E-state index in [1.807, 2.05) is 19.9 Å². The van der Waals surface area contributed by atoms with E-state index in [9.17, 15) is 9.59 Å². The maximum atomic E-state index is 10.8. The molecule has 0 atom stereocenters. The Morgan fingerprint density at radius 3 is 1.62 bits per heavy atom. The monoisotopic (exact) mass is 612 g/mol. The zero-order valence-corrected chi connectivity index (χ0v) is 20.2. The fourth-order valence-corrected chi connectivity index (χ4v) is 3.60. The van der Waals surface area contributed by atoms with Gasteiger partial charge in [0.05, 0.1) is 18.6 Å². The number of carboxylic acids is 2. The molecule has 0 unspecified atom stereocenters. The van der Waals surface area contributed by atoms with Gasteiger partial charge in [-0.15, -0.1) is 0 Å². The highest BCUT2D eigenvalue weighted by Gasteiger charge is 2.16. The zero-order chi connectivity index (χ0) is 20.0. The van der Waals surface area contributed by atoms with Gasteiger partial charge in [-0.3, -0.25) is 0 Å². The van der Waals surface area contributed by atoms with E-state index in [0.29, 0.717) is 5.56 Å². The lowest BCUT2D eigenvalue weighted by Crippen LogP contribution is -2.00. The van der Waals surface area contributed by atoms with E-state index in [4.69, 9.17) is 10.2 Å². The van der Waals surface area contributed by atoms with Crippen molar-refractivity contribution in [3.8, 4) is 0 Å². The van der Waals surface area contributed by atoms with Crippen LogP contribution < -0.4 is 0 Å². The Labute approximate surface area is 185 Å². The van der Waals surface area contributed by atoms with Gasteiger partial charge in [-0.2, -0.15) is 0 Å². The summed E-state index contributed by atoms with van der Waals surface area (Å²) in [6.45, 7) is 3.86. The average Bonchev–Trinajstić information content (AvgIpc) is 2.56. The van der Waals surface area contributed by atoms with Crippen LogP contribution in [0.1, 0.15) is 50.4 Å². The Kier molecular flexibility index (Phi) is 9.50. The Hall–Kier alpha value is -0.700.